The SMILES string of the molecule is Cl.O=C(COc1ccc2ccc(=O)oc2c1)NC1CCNC1. The fourth-order valence-electron chi connectivity index (χ4n) is 2.33. The number of hydrogen-bond donors (Lipinski definition) is 2. The summed E-state index contributed by atoms with van der Waals surface area (Å²) < 4.78 is 10.5. The van der Waals surface area contributed by atoms with E-state index < -0.39 is 5.63 Å². The number of carbonyl (C=O) groups is 1. The molecule has 1 saturated heterocycles. The molecule has 1 unspecified atom stereocenters. The van der Waals surface area contributed by atoms with Gasteiger partial charge < -0.3 is 19.8 Å². The van der Waals surface area contributed by atoms with Gasteiger partial charge in [0.1, 0.15) is 11.3 Å². The minimum atomic E-state index is -0.411. The van der Waals surface area contributed by atoms with Crippen molar-refractivity contribution in [2.75, 3.05) is 19.7 Å². The van der Waals surface area contributed by atoms with E-state index in [0.717, 1.165) is 24.9 Å². The summed E-state index contributed by atoms with van der Waals surface area (Å²) in [5.74, 6) is 0.342. The Morgan fingerprint density at radius 1 is 1.36 bits per heavy atom. The quantitative estimate of drug-likeness (QED) is 0.822. The third kappa shape index (κ3) is 3.99. The molecular weight excluding hydrogens is 308 g/mol. The van der Waals surface area contributed by atoms with Crippen molar-refractivity contribution in [1.82, 2.24) is 10.6 Å². The van der Waals surface area contributed by atoms with Crippen LogP contribution in [0.25, 0.3) is 11.0 Å². The maximum atomic E-state index is 11.8. The van der Waals surface area contributed by atoms with Crippen molar-refractivity contribution < 1.29 is 13.9 Å². The lowest BCUT2D eigenvalue weighted by Crippen LogP contribution is -2.39. The molecule has 0 saturated carbocycles. The van der Waals surface area contributed by atoms with Crippen LogP contribution in [0, 0.1) is 0 Å². The zero-order valence-electron chi connectivity index (χ0n) is 11.8. The molecule has 22 heavy (non-hydrogen) atoms. The van der Waals surface area contributed by atoms with Crippen molar-refractivity contribution in [3.05, 3.63) is 40.8 Å². The lowest BCUT2D eigenvalue weighted by molar-refractivity contribution is -0.123. The number of amides is 1. The molecule has 1 aromatic carbocycles. The van der Waals surface area contributed by atoms with E-state index in [1.165, 1.54) is 6.07 Å². The Morgan fingerprint density at radius 3 is 2.95 bits per heavy atom. The van der Waals surface area contributed by atoms with Crippen LogP contribution in [0.5, 0.6) is 5.75 Å². The third-order valence-corrected chi connectivity index (χ3v) is 3.39. The maximum Gasteiger partial charge on any atom is 0.336 e. The summed E-state index contributed by atoms with van der Waals surface area (Å²) in [4.78, 5) is 22.9. The van der Waals surface area contributed by atoms with Gasteiger partial charge in [0, 0.05) is 30.1 Å². The molecule has 7 heteroatoms. The monoisotopic (exact) mass is 324 g/mol. The first-order valence-corrected chi connectivity index (χ1v) is 6.87. The van der Waals surface area contributed by atoms with Gasteiger partial charge in [0.25, 0.3) is 5.91 Å². The normalized spacial score (nSPS) is 17.0. The Hall–Kier alpha value is -2.05. The molecule has 2 heterocycles. The smallest absolute Gasteiger partial charge is 0.336 e. The van der Waals surface area contributed by atoms with Gasteiger partial charge in [-0.25, -0.2) is 4.79 Å². The van der Waals surface area contributed by atoms with Crippen molar-refractivity contribution in [3.63, 3.8) is 0 Å². The number of hydrogen-bond acceptors (Lipinski definition) is 5. The van der Waals surface area contributed by atoms with Crippen LogP contribution in [0.2, 0.25) is 0 Å². The number of carbonyl (C=O) groups excluding carboxylic acids is 1. The van der Waals surface area contributed by atoms with E-state index in [-0.39, 0.29) is 31.0 Å². The predicted octanol–water partition coefficient (Wildman–Crippen LogP) is 1.07. The summed E-state index contributed by atoms with van der Waals surface area (Å²) in [6.07, 6.45) is 0.937. The van der Waals surface area contributed by atoms with Gasteiger partial charge >= 0.3 is 5.63 Å². The van der Waals surface area contributed by atoms with Crippen molar-refractivity contribution in [3.8, 4) is 5.75 Å². The Bertz CT molecular complexity index is 710. The van der Waals surface area contributed by atoms with E-state index in [1.807, 2.05) is 0 Å². The van der Waals surface area contributed by atoms with Crippen LogP contribution in [0.3, 0.4) is 0 Å². The zero-order valence-corrected chi connectivity index (χ0v) is 12.7. The third-order valence-electron chi connectivity index (χ3n) is 3.39. The fraction of sp³-hybridized carbons (Fsp3) is 0.333. The van der Waals surface area contributed by atoms with Gasteiger partial charge in [0.2, 0.25) is 0 Å². The van der Waals surface area contributed by atoms with Gasteiger partial charge in [-0.1, -0.05) is 0 Å². The van der Waals surface area contributed by atoms with E-state index >= 15 is 0 Å². The second kappa shape index (κ2) is 7.29. The molecule has 0 bridgehead atoms. The molecule has 3 rings (SSSR count). The van der Waals surface area contributed by atoms with Gasteiger partial charge in [0.15, 0.2) is 6.61 Å². The molecule has 1 atom stereocenters. The number of rotatable bonds is 4. The zero-order chi connectivity index (χ0) is 14.7. The van der Waals surface area contributed by atoms with Crippen LogP contribution < -0.4 is 21.0 Å². The summed E-state index contributed by atoms with van der Waals surface area (Å²) in [5, 5.41) is 6.88. The first-order valence-electron chi connectivity index (χ1n) is 6.87. The Balaban J connectivity index is 0.00000176. The average molecular weight is 325 g/mol. The maximum absolute atomic E-state index is 11.8. The number of ether oxygens (including phenoxy) is 1. The molecule has 0 radical (unpaired) electrons. The van der Waals surface area contributed by atoms with Gasteiger partial charge in [-0.3, -0.25) is 4.79 Å². The summed E-state index contributed by atoms with van der Waals surface area (Å²) >= 11 is 0. The molecule has 0 spiro atoms. The topological polar surface area (TPSA) is 80.6 Å². The lowest BCUT2D eigenvalue weighted by Gasteiger charge is -2.12. The van der Waals surface area contributed by atoms with Crippen LogP contribution in [0.1, 0.15) is 6.42 Å². The number of fused-ring (bicyclic) bond motifs is 1. The molecule has 0 aliphatic carbocycles. The summed E-state index contributed by atoms with van der Waals surface area (Å²) in [6, 6.07) is 8.37. The lowest BCUT2D eigenvalue weighted by atomic mass is 10.2. The van der Waals surface area contributed by atoms with Crippen molar-refractivity contribution >= 4 is 29.3 Å². The molecular formula is C15H17ClN2O4. The number of nitrogens with one attached hydrogen (secondary N) is 2. The molecule has 2 N–H and O–H groups in total. The molecule has 2 aromatic rings. The van der Waals surface area contributed by atoms with Crippen LogP contribution in [-0.2, 0) is 4.79 Å². The van der Waals surface area contributed by atoms with E-state index in [1.54, 1.807) is 24.3 Å². The van der Waals surface area contributed by atoms with Crippen LogP contribution in [0.15, 0.2) is 39.5 Å². The first kappa shape index (κ1) is 16.3. The molecule has 118 valence electrons. The highest BCUT2D eigenvalue weighted by atomic mass is 35.5. The molecule has 6 nitrogen and oxygen atoms in total. The van der Waals surface area contributed by atoms with E-state index in [0.29, 0.717) is 11.3 Å². The standard InChI is InChI=1S/C15H16N2O4.ClH/c18-14(17-11-5-6-16-8-11)9-20-12-3-1-10-2-4-15(19)21-13(10)7-12;/h1-4,7,11,16H,5-6,8-9H2,(H,17,18);1H. The van der Waals surface area contributed by atoms with Crippen molar-refractivity contribution in [1.29, 1.82) is 0 Å². The molecule has 1 amide bonds. The Morgan fingerprint density at radius 2 is 2.18 bits per heavy atom. The highest BCUT2D eigenvalue weighted by Crippen LogP contribution is 2.19. The predicted molar refractivity (Wildman–Crippen MR) is 84.6 cm³/mol. The van der Waals surface area contributed by atoms with Crippen molar-refractivity contribution in [2.45, 2.75) is 12.5 Å². The Labute approximate surface area is 133 Å². The first-order chi connectivity index (χ1) is 10.2. The molecule has 1 aliphatic heterocycles. The fourth-order valence-corrected chi connectivity index (χ4v) is 2.33. The van der Waals surface area contributed by atoms with Gasteiger partial charge in [-0.2, -0.15) is 0 Å². The van der Waals surface area contributed by atoms with E-state index in [4.69, 9.17) is 9.15 Å². The Kier molecular flexibility index (Phi) is 5.41. The summed E-state index contributed by atoms with van der Waals surface area (Å²) in [5.41, 5.74) is 0.0338. The van der Waals surface area contributed by atoms with Crippen LogP contribution >= 0.6 is 12.4 Å². The molecule has 1 fully saturated rings. The highest BCUT2D eigenvalue weighted by Gasteiger charge is 2.16. The minimum Gasteiger partial charge on any atom is -0.484 e. The number of halogens is 1. The van der Waals surface area contributed by atoms with E-state index in [9.17, 15) is 9.59 Å². The minimum absolute atomic E-state index is 0. The molecule has 1 aliphatic rings. The molecule has 1 aromatic heterocycles. The van der Waals surface area contributed by atoms with Crippen LogP contribution in [0.4, 0.5) is 0 Å². The van der Waals surface area contributed by atoms with Gasteiger partial charge in [-0.15, -0.1) is 12.4 Å². The second-order valence-electron chi connectivity index (χ2n) is 5.00. The summed E-state index contributed by atoms with van der Waals surface area (Å²) in [7, 11) is 0. The highest BCUT2D eigenvalue weighted by molar-refractivity contribution is 5.85. The average Bonchev–Trinajstić information content (AvgIpc) is 2.97. The largest absolute Gasteiger partial charge is 0.484 e. The number of benzene rings is 1. The van der Waals surface area contributed by atoms with Gasteiger partial charge in [0.05, 0.1) is 0 Å². The van der Waals surface area contributed by atoms with Crippen molar-refractivity contribution in [2.24, 2.45) is 0 Å². The second-order valence-corrected chi connectivity index (χ2v) is 5.00. The van der Waals surface area contributed by atoms with Gasteiger partial charge in [-0.05, 0) is 31.2 Å². The summed E-state index contributed by atoms with van der Waals surface area (Å²) in [6.45, 7) is 1.67. The van der Waals surface area contributed by atoms with Crippen LogP contribution in [-0.4, -0.2) is 31.6 Å². The van der Waals surface area contributed by atoms with E-state index in [2.05, 4.69) is 10.6 Å².